The second-order valence-electron chi connectivity index (χ2n) is 6.13. The number of aromatic nitrogens is 2. The van der Waals surface area contributed by atoms with Crippen molar-refractivity contribution in [1.29, 1.82) is 0 Å². The summed E-state index contributed by atoms with van der Waals surface area (Å²) in [6.45, 7) is 3.46. The molecule has 140 valence electrons. The molecular formula is C19H16F3N3O2. The number of benzene rings is 1. The fraction of sp³-hybridized carbons (Fsp3) is 0.158. The van der Waals surface area contributed by atoms with E-state index in [0.717, 1.165) is 6.07 Å². The summed E-state index contributed by atoms with van der Waals surface area (Å²) in [5.41, 5.74) is 5.19. The smallest absolute Gasteiger partial charge is 0.418 e. The molecule has 0 saturated carbocycles. The number of carbonyl (C=O) groups excluding carboxylic acids is 1. The Labute approximate surface area is 152 Å². The van der Waals surface area contributed by atoms with Crippen LogP contribution in [0.15, 0.2) is 36.5 Å². The summed E-state index contributed by atoms with van der Waals surface area (Å²) in [7, 11) is 0. The second-order valence-corrected chi connectivity index (χ2v) is 6.13. The van der Waals surface area contributed by atoms with Crippen molar-refractivity contribution in [3.8, 4) is 5.75 Å². The fourth-order valence-electron chi connectivity index (χ4n) is 2.95. The number of hydrogen-bond acceptors (Lipinski definition) is 3. The number of nitrogens with two attached hydrogens (primary N) is 1. The number of aromatic amines is 1. The van der Waals surface area contributed by atoms with E-state index in [1.54, 1.807) is 19.9 Å². The van der Waals surface area contributed by atoms with Crippen LogP contribution >= 0.6 is 0 Å². The molecule has 0 aliphatic heterocycles. The lowest BCUT2D eigenvalue weighted by atomic mass is 9.99. The van der Waals surface area contributed by atoms with Crippen molar-refractivity contribution in [2.24, 2.45) is 5.73 Å². The quantitative estimate of drug-likeness (QED) is 0.593. The number of nitrogens with zero attached hydrogens (tertiary/aromatic N) is 1. The Kier molecular flexibility index (Phi) is 4.43. The third kappa shape index (κ3) is 3.25. The Balaban J connectivity index is 2.74. The van der Waals surface area contributed by atoms with Gasteiger partial charge in [0.1, 0.15) is 5.75 Å². The second kappa shape index (κ2) is 6.46. The Morgan fingerprint density at radius 2 is 1.89 bits per heavy atom. The van der Waals surface area contributed by atoms with Crippen molar-refractivity contribution >= 4 is 27.7 Å². The van der Waals surface area contributed by atoms with Gasteiger partial charge >= 0.3 is 6.18 Å². The van der Waals surface area contributed by atoms with E-state index in [2.05, 4.69) is 9.97 Å². The number of primary amides is 1. The molecule has 5 nitrogen and oxygen atoms in total. The number of carbonyl (C=O) groups is 1. The molecule has 0 saturated heterocycles. The fourth-order valence-corrected chi connectivity index (χ4v) is 2.95. The zero-order valence-electron chi connectivity index (χ0n) is 14.5. The Hall–Kier alpha value is -3.29. The van der Waals surface area contributed by atoms with Gasteiger partial charge in [0.25, 0.3) is 5.91 Å². The van der Waals surface area contributed by atoms with Crippen molar-refractivity contribution in [2.45, 2.75) is 20.0 Å². The molecule has 3 aromatic rings. The highest BCUT2D eigenvalue weighted by atomic mass is 19.4. The maximum atomic E-state index is 13.5. The summed E-state index contributed by atoms with van der Waals surface area (Å²) >= 11 is 0. The Morgan fingerprint density at radius 3 is 2.52 bits per heavy atom. The van der Waals surface area contributed by atoms with Gasteiger partial charge < -0.3 is 15.8 Å². The lowest BCUT2D eigenvalue weighted by Crippen LogP contribution is -2.16. The molecule has 0 unspecified atom stereocenters. The number of para-hydroxylation sites is 1. The average Bonchev–Trinajstić information content (AvgIpc) is 2.65. The summed E-state index contributed by atoms with van der Waals surface area (Å²) in [4.78, 5) is 18.7. The third-order valence-corrected chi connectivity index (χ3v) is 4.39. The number of pyridine rings is 1. The molecule has 0 atom stereocenters. The Morgan fingerprint density at radius 1 is 1.19 bits per heavy atom. The van der Waals surface area contributed by atoms with Crippen LogP contribution in [0, 0.1) is 13.8 Å². The highest BCUT2D eigenvalue weighted by Crippen LogP contribution is 2.37. The molecule has 1 aromatic carbocycles. The predicted octanol–water partition coefficient (Wildman–Crippen LogP) is 4.28. The summed E-state index contributed by atoms with van der Waals surface area (Å²) in [5.74, 6) is -1.11. The minimum absolute atomic E-state index is 0.130. The summed E-state index contributed by atoms with van der Waals surface area (Å²) in [6.07, 6.45) is -3.43. The molecule has 2 heterocycles. The molecule has 0 fully saturated rings. The molecule has 4 N–H and O–H groups in total. The number of H-pyrrole nitrogens is 1. The van der Waals surface area contributed by atoms with Gasteiger partial charge in [0.05, 0.1) is 16.6 Å². The SMILES string of the molecule is Cc1ccc(O)c[nH]c2c(C(N)=O)nc3c(C(F)(F)F)cccc3c2c1C. The predicted molar refractivity (Wildman–Crippen MR) is 95.9 cm³/mol. The van der Waals surface area contributed by atoms with E-state index in [1.165, 1.54) is 24.4 Å². The molecule has 0 radical (unpaired) electrons. The largest absolute Gasteiger partial charge is 0.506 e. The molecule has 0 spiro atoms. The van der Waals surface area contributed by atoms with Crippen LogP contribution in [-0.4, -0.2) is 21.0 Å². The highest BCUT2D eigenvalue weighted by molar-refractivity contribution is 6.14. The van der Waals surface area contributed by atoms with Crippen molar-refractivity contribution in [2.75, 3.05) is 0 Å². The van der Waals surface area contributed by atoms with E-state index >= 15 is 0 Å². The molecule has 0 bridgehead atoms. The summed E-state index contributed by atoms with van der Waals surface area (Å²) in [5, 5.41) is 10.5. The molecular weight excluding hydrogens is 359 g/mol. The first-order valence-electron chi connectivity index (χ1n) is 7.96. The van der Waals surface area contributed by atoms with Crippen molar-refractivity contribution in [3.63, 3.8) is 0 Å². The van der Waals surface area contributed by atoms with Gasteiger partial charge in [0.2, 0.25) is 0 Å². The molecule has 0 aliphatic carbocycles. The topological polar surface area (TPSA) is 92.0 Å². The number of alkyl halides is 3. The van der Waals surface area contributed by atoms with E-state index < -0.39 is 17.6 Å². The maximum Gasteiger partial charge on any atom is 0.418 e. The van der Waals surface area contributed by atoms with E-state index in [0.29, 0.717) is 16.5 Å². The van der Waals surface area contributed by atoms with Crippen LogP contribution in [0.5, 0.6) is 5.75 Å². The van der Waals surface area contributed by atoms with Gasteiger partial charge in [-0.1, -0.05) is 18.2 Å². The van der Waals surface area contributed by atoms with E-state index in [-0.39, 0.29) is 27.9 Å². The molecule has 2 aromatic heterocycles. The minimum atomic E-state index is -4.65. The van der Waals surface area contributed by atoms with Gasteiger partial charge in [-0.25, -0.2) is 4.98 Å². The lowest BCUT2D eigenvalue weighted by molar-refractivity contribution is -0.136. The number of halogens is 3. The van der Waals surface area contributed by atoms with Gasteiger partial charge in [0, 0.05) is 17.0 Å². The van der Waals surface area contributed by atoms with Gasteiger partial charge in [-0.05, 0) is 37.1 Å². The van der Waals surface area contributed by atoms with Gasteiger partial charge in [-0.2, -0.15) is 13.2 Å². The standard InChI is InChI=1S/C19H16F3N3O2/c1-9-6-7-11(26)8-24-16-14(10(9)2)12-4-3-5-13(19(20,21)22)15(12)25-17(16)18(23)27/h3-8,24,26H,1-2H3,(H2,23,27). The summed E-state index contributed by atoms with van der Waals surface area (Å²) in [6, 6.07) is 6.76. The average molecular weight is 375 g/mol. The zero-order chi connectivity index (χ0) is 19.9. The number of nitrogens with one attached hydrogen (secondary N) is 1. The van der Waals surface area contributed by atoms with Crippen LogP contribution in [0.1, 0.15) is 27.2 Å². The van der Waals surface area contributed by atoms with Gasteiger partial charge in [-0.3, -0.25) is 4.79 Å². The number of fused-ring (bicyclic) bond motifs is 3. The van der Waals surface area contributed by atoms with Crippen molar-refractivity contribution in [3.05, 3.63) is 58.9 Å². The van der Waals surface area contributed by atoms with E-state index in [4.69, 9.17) is 5.73 Å². The normalized spacial score (nSPS) is 11.6. The van der Waals surface area contributed by atoms with Crippen LogP contribution in [0.25, 0.3) is 21.8 Å². The zero-order valence-corrected chi connectivity index (χ0v) is 14.5. The number of hydrogen-bond donors (Lipinski definition) is 3. The molecule has 0 aliphatic rings. The first-order valence-corrected chi connectivity index (χ1v) is 7.96. The summed E-state index contributed by atoms with van der Waals surface area (Å²) < 4.78 is 40.4. The van der Waals surface area contributed by atoms with Crippen molar-refractivity contribution < 1.29 is 23.1 Å². The van der Waals surface area contributed by atoms with Crippen LogP contribution in [0.2, 0.25) is 0 Å². The lowest BCUT2D eigenvalue weighted by Gasteiger charge is -2.13. The van der Waals surface area contributed by atoms with Crippen LogP contribution in [0.4, 0.5) is 13.2 Å². The van der Waals surface area contributed by atoms with Gasteiger partial charge in [0.15, 0.2) is 5.69 Å². The van der Waals surface area contributed by atoms with Gasteiger partial charge in [-0.15, -0.1) is 0 Å². The Bertz CT molecular complexity index is 1130. The van der Waals surface area contributed by atoms with Crippen molar-refractivity contribution in [1.82, 2.24) is 9.97 Å². The number of aryl methyl sites for hydroxylation is 2. The van der Waals surface area contributed by atoms with Crippen LogP contribution in [0.3, 0.4) is 0 Å². The van der Waals surface area contributed by atoms with Crippen LogP contribution < -0.4 is 5.73 Å². The molecule has 8 heteroatoms. The number of rotatable bonds is 1. The molecule has 27 heavy (non-hydrogen) atoms. The number of aromatic hydroxyl groups is 1. The third-order valence-electron chi connectivity index (χ3n) is 4.39. The maximum absolute atomic E-state index is 13.5. The molecule has 3 rings (SSSR count). The molecule has 1 amide bonds. The van der Waals surface area contributed by atoms with E-state index in [9.17, 15) is 23.1 Å². The number of amides is 1. The first-order chi connectivity index (χ1) is 12.6. The minimum Gasteiger partial charge on any atom is -0.506 e. The van der Waals surface area contributed by atoms with E-state index in [1.807, 2.05) is 0 Å². The monoisotopic (exact) mass is 375 g/mol. The first kappa shape index (κ1) is 18.5. The highest BCUT2D eigenvalue weighted by Gasteiger charge is 2.34. The van der Waals surface area contributed by atoms with Crippen LogP contribution in [-0.2, 0) is 6.18 Å².